The van der Waals surface area contributed by atoms with Gasteiger partial charge in [-0.05, 0) is 79.8 Å². The predicted molar refractivity (Wildman–Crippen MR) is 183 cm³/mol. The highest BCUT2D eigenvalue weighted by Crippen LogP contribution is 2.27. The summed E-state index contributed by atoms with van der Waals surface area (Å²) in [5.41, 5.74) is 3.95. The number of halogens is 1. The van der Waals surface area contributed by atoms with E-state index < -0.39 is 28.5 Å². The quantitative estimate of drug-likeness (QED) is 0.181. The zero-order chi connectivity index (χ0) is 32.7. The summed E-state index contributed by atoms with van der Waals surface area (Å²) >= 11 is 6.16. The maximum absolute atomic E-state index is 14.6. The van der Waals surface area contributed by atoms with Gasteiger partial charge < -0.3 is 10.2 Å². The van der Waals surface area contributed by atoms with Crippen LogP contribution < -0.4 is 9.62 Å². The average Bonchev–Trinajstić information content (AvgIpc) is 3.56. The van der Waals surface area contributed by atoms with Crippen LogP contribution >= 0.6 is 11.6 Å². The molecule has 7 nitrogen and oxygen atoms in total. The van der Waals surface area contributed by atoms with Crippen LogP contribution in [0, 0.1) is 13.8 Å². The fourth-order valence-electron chi connectivity index (χ4n) is 5.87. The molecule has 4 aromatic carbocycles. The maximum Gasteiger partial charge on any atom is 0.264 e. The second kappa shape index (κ2) is 15.0. The number of carbonyl (C=O) groups is 2. The summed E-state index contributed by atoms with van der Waals surface area (Å²) in [5, 5.41) is 3.65. The molecule has 0 bridgehead atoms. The minimum atomic E-state index is -4.17. The highest BCUT2D eigenvalue weighted by molar-refractivity contribution is 7.92. The zero-order valence-corrected chi connectivity index (χ0v) is 27.8. The second-order valence-electron chi connectivity index (χ2n) is 11.9. The fourth-order valence-corrected chi connectivity index (χ4v) is 7.41. The molecule has 0 unspecified atom stereocenters. The topological polar surface area (TPSA) is 86.8 Å². The van der Waals surface area contributed by atoms with Gasteiger partial charge in [0.15, 0.2) is 0 Å². The number of nitrogens with zero attached hydrogens (tertiary/aromatic N) is 2. The molecule has 1 N–H and O–H groups in total. The first-order valence-corrected chi connectivity index (χ1v) is 17.5. The Hall–Kier alpha value is -4.14. The summed E-state index contributed by atoms with van der Waals surface area (Å²) in [4.78, 5) is 30.4. The van der Waals surface area contributed by atoms with Crippen LogP contribution in [0.2, 0.25) is 5.02 Å². The number of amides is 2. The summed E-state index contributed by atoms with van der Waals surface area (Å²) in [6, 6.07) is 29.4. The van der Waals surface area contributed by atoms with E-state index in [0.29, 0.717) is 10.7 Å². The van der Waals surface area contributed by atoms with Crippen molar-refractivity contribution in [3.63, 3.8) is 0 Å². The van der Waals surface area contributed by atoms with E-state index in [1.165, 1.54) is 12.1 Å². The maximum atomic E-state index is 14.6. The molecule has 1 aliphatic rings. The highest BCUT2D eigenvalue weighted by atomic mass is 35.5. The van der Waals surface area contributed by atoms with E-state index in [0.717, 1.165) is 52.2 Å². The van der Waals surface area contributed by atoms with Crippen molar-refractivity contribution >= 4 is 39.1 Å². The lowest BCUT2D eigenvalue weighted by atomic mass is 10.0. The minimum Gasteiger partial charge on any atom is -0.352 e. The van der Waals surface area contributed by atoms with E-state index in [4.69, 9.17) is 11.6 Å². The van der Waals surface area contributed by atoms with Gasteiger partial charge in [0.1, 0.15) is 12.6 Å². The normalized spacial score (nSPS) is 14.1. The number of rotatable bonds is 12. The smallest absolute Gasteiger partial charge is 0.264 e. The number of hydrogen-bond donors (Lipinski definition) is 1. The lowest BCUT2D eigenvalue weighted by molar-refractivity contribution is -0.140. The second-order valence-corrected chi connectivity index (χ2v) is 14.2. The van der Waals surface area contributed by atoms with Crippen LogP contribution in [0.15, 0.2) is 108 Å². The van der Waals surface area contributed by atoms with Gasteiger partial charge in [-0.3, -0.25) is 13.9 Å². The number of hydrogen-bond acceptors (Lipinski definition) is 4. The van der Waals surface area contributed by atoms with E-state index in [1.54, 1.807) is 41.3 Å². The Labute approximate surface area is 277 Å². The Balaban J connectivity index is 1.57. The van der Waals surface area contributed by atoms with Gasteiger partial charge in [-0.2, -0.15) is 0 Å². The third-order valence-electron chi connectivity index (χ3n) is 8.58. The van der Waals surface area contributed by atoms with Crippen LogP contribution in [-0.4, -0.2) is 43.8 Å². The monoisotopic (exact) mass is 657 g/mol. The van der Waals surface area contributed by atoms with Gasteiger partial charge in [-0.25, -0.2) is 8.42 Å². The molecule has 1 saturated carbocycles. The summed E-state index contributed by atoms with van der Waals surface area (Å²) < 4.78 is 29.4. The van der Waals surface area contributed by atoms with Crippen molar-refractivity contribution in [3.8, 4) is 0 Å². The lowest BCUT2D eigenvalue weighted by Gasteiger charge is -2.34. The third kappa shape index (κ3) is 8.17. The Morgan fingerprint density at radius 1 is 0.848 bits per heavy atom. The van der Waals surface area contributed by atoms with Gasteiger partial charge in [-0.1, -0.05) is 96.7 Å². The van der Waals surface area contributed by atoms with Gasteiger partial charge >= 0.3 is 0 Å². The van der Waals surface area contributed by atoms with Crippen molar-refractivity contribution in [2.24, 2.45) is 0 Å². The summed E-state index contributed by atoms with van der Waals surface area (Å²) in [6.07, 6.45) is 4.17. The van der Waals surface area contributed by atoms with Gasteiger partial charge in [0.25, 0.3) is 10.0 Å². The van der Waals surface area contributed by atoms with E-state index in [1.807, 2.05) is 68.4 Å². The van der Waals surface area contributed by atoms with Crippen LogP contribution in [0.3, 0.4) is 0 Å². The first-order valence-electron chi connectivity index (χ1n) is 15.6. The Morgan fingerprint density at radius 2 is 1.48 bits per heavy atom. The molecule has 4 aromatic rings. The summed E-state index contributed by atoms with van der Waals surface area (Å²) in [5.74, 6) is -0.728. The minimum absolute atomic E-state index is 0.0497. The molecule has 1 aliphatic carbocycles. The molecule has 2 amide bonds. The number of anilines is 1. The third-order valence-corrected chi connectivity index (χ3v) is 10.6. The lowest BCUT2D eigenvalue weighted by Crippen LogP contribution is -2.54. The van der Waals surface area contributed by atoms with Crippen molar-refractivity contribution in [2.75, 3.05) is 10.8 Å². The molecule has 1 fully saturated rings. The molecule has 0 saturated heterocycles. The van der Waals surface area contributed by atoms with Crippen LogP contribution in [0.25, 0.3) is 0 Å². The van der Waals surface area contributed by atoms with Crippen molar-refractivity contribution in [1.29, 1.82) is 0 Å². The number of sulfonamides is 1. The molecule has 240 valence electrons. The van der Waals surface area contributed by atoms with Crippen LogP contribution in [0.4, 0.5) is 5.69 Å². The molecule has 1 atom stereocenters. The SMILES string of the molecule is Cc1ccc(S(=O)(=O)N(CC(=O)N(Cc2ccccc2C)[C@@H](Cc2ccccc2)C(=O)NC2CCCC2)c2ccc(Cl)cc2)cc1. The van der Waals surface area contributed by atoms with Crippen LogP contribution in [-0.2, 0) is 32.6 Å². The number of nitrogens with one attached hydrogen (secondary N) is 1. The van der Waals surface area contributed by atoms with E-state index in [-0.39, 0.29) is 29.8 Å². The number of aryl methyl sites for hydroxylation is 2. The number of benzene rings is 4. The molecule has 0 heterocycles. The van der Waals surface area contributed by atoms with Crippen molar-refractivity contribution < 1.29 is 18.0 Å². The fraction of sp³-hybridized carbons (Fsp3) is 0.297. The van der Waals surface area contributed by atoms with Crippen LogP contribution in [0.5, 0.6) is 0 Å². The Bertz CT molecular complexity index is 1740. The van der Waals surface area contributed by atoms with Crippen LogP contribution in [0.1, 0.15) is 47.9 Å². The van der Waals surface area contributed by atoms with E-state index >= 15 is 0 Å². The molecule has 9 heteroatoms. The standard InChI is InChI=1S/C37H40ClN3O4S/c1-27-16-22-34(23-17-27)46(44,45)41(33-20-18-31(38)19-21-33)26-36(42)40(25-30-13-7-6-10-28(30)2)35(24-29-11-4-3-5-12-29)37(43)39-32-14-8-9-15-32/h3-7,10-13,16-23,32,35H,8-9,14-15,24-26H2,1-2H3,(H,39,43)/t35-/m0/s1. The van der Waals surface area contributed by atoms with Crippen molar-refractivity contribution in [3.05, 3.63) is 130 Å². The molecule has 0 radical (unpaired) electrons. The Kier molecular flexibility index (Phi) is 10.8. The highest BCUT2D eigenvalue weighted by Gasteiger charge is 2.35. The molecule has 46 heavy (non-hydrogen) atoms. The van der Waals surface area contributed by atoms with Gasteiger partial charge in [-0.15, -0.1) is 0 Å². The molecular formula is C37H40ClN3O4S. The molecular weight excluding hydrogens is 618 g/mol. The predicted octanol–water partition coefficient (Wildman–Crippen LogP) is 6.85. The molecule has 0 aromatic heterocycles. The van der Waals surface area contributed by atoms with Gasteiger partial charge in [0.05, 0.1) is 10.6 Å². The van der Waals surface area contributed by atoms with Gasteiger partial charge in [0.2, 0.25) is 11.8 Å². The molecule has 0 spiro atoms. The zero-order valence-electron chi connectivity index (χ0n) is 26.2. The molecule has 5 rings (SSSR count). The summed E-state index contributed by atoms with van der Waals surface area (Å²) in [6.45, 7) is 3.47. The van der Waals surface area contributed by atoms with Crippen molar-refractivity contribution in [1.82, 2.24) is 10.2 Å². The first kappa shape index (κ1) is 33.2. The number of carbonyl (C=O) groups excluding carboxylic acids is 2. The van der Waals surface area contributed by atoms with Crippen molar-refractivity contribution in [2.45, 2.75) is 69.5 Å². The van der Waals surface area contributed by atoms with Gasteiger partial charge in [0, 0.05) is 24.0 Å². The molecule has 0 aliphatic heterocycles. The van der Waals surface area contributed by atoms with E-state index in [9.17, 15) is 18.0 Å². The average molecular weight is 658 g/mol. The summed E-state index contributed by atoms with van der Waals surface area (Å²) in [7, 11) is -4.17. The first-order chi connectivity index (χ1) is 22.1. The van der Waals surface area contributed by atoms with E-state index in [2.05, 4.69) is 5.32 Å². The Morgan fingerprint density at radius 3 is 2.13 bits per heavy atom. The largest absolute Gasteiger partial charge is 0.352 e.